The van der Waals surface area contributed by atoms with E-state index in [1.54, 1.807) is 0 Å². The molecule has 2 N–H and O–H groups in total. The average Bonchev–Trinajstić information content (AvgIpc) is 2.53. The molecular formula is C17H8F12O2. The number of phenols is 2. The Kier molecular flexibility index (Phi) is 5.62. The van der Waals surface area contributed by atoms with Crippen molar-refractivity contribution in [1.82, 2.24) is 0 Å². The minimum absolute atomic E-state index is 0.178. The van der Waals surface area contributed by atoms with Crippen molar-refractivity contribution >= 4 is 0 Å². The maximum atomic E-state index is 13.9. The minimum atomic E-state index is -6.47. The summed E-state index contributed by atoms with van der Waals surface area (Å²) in [5.41, 5.74) is -13.3. The topological polar surface area (TPSA) is 40.5 Å². The molecule has 14 heteroatoms. The SMILES string of the molecule is Oc1cc(C(F)(F)F)ccc1C(c1ccc(C(F)(F)F)cc1O)(C(F)(F)F)C(F)(F)F. The predicted octanol–water partition coefficient (Wildman–Crippen LogP) is 6.55. The van der Waals surface area contributed by atoms with Crippen LogP contribution in [0.2, 0.25) is 0 Å². The Morgan fingerprint density at radius 2 is 0.774 bits per heavy atom. The predicted molar refractivity (Wildman–Crippen MR) is 79.1 cm³/mol. The van der Waals surface area contributed by atoms with Crippen LogP contribution in [0.1, 0.15) is 22.3 Å². The summed E-state index contributed by atoms with van der Waals surface area (Å²) in [5.74, 6) is -4.19. The lowest BCUT2D eigenvalue weighted by Crippen LogP contribution is -2.54. The van der Waals surface area contributed by atoms with Crippen LogP contribution in [0.4, 0.5) is 52.7 Å². The highest BCUT2D eigenvalue weighted by molar-refractivity contribution is 5.56. The zero-order valence-corrected chi connectivity index (χ0v) is 14.4. The number of hydrogen-bond donors (Lipinski definition) is 2. The Bertz CT molecular complexity index is 888. The summed E-state index contributed by atoms with van der Waals surface area (Å²) in [7, 11) is 0. The van der Waals surface area contributed by atoms with Crippen LogP contribution in [-0.4, -0.2) is 22.6 Å². The molecule has 0 unspecified atom stereocenters. The van der Waals surface area contributed by atoms with E-state index in [-0.39, 0.29) is 24.3 Å². The number of phenolic OH excluding ortho intramolecular Hbond substituents is 2. The van der Waals surface area contributed by atoms with Crippen molar-refractivity contribution in [2.45, 2.75) is 30.1 Å². The Balaban J connectivity index is 2.98. The van der Waals surface area contributed by atoms with Gasteiger partial charge in [-0.2, -0.15) is 52.7 Å². The second-order valence-corrected chi connectivity index (χ2v) is 6.20. The molecule has 0 saturated carbocycles. The van der Waals surface area contributed by atoms with Crippen molar-refractivity contribution in [3.8, 4) is 11.5 Å². The third-order valence-electron chi connectivity index (χ3n) is 4.31. The van der Waals surface area contributed by atoms with E-state index in [0.29, 0.717) is 0 Å². The van der Waals surface area contributed by atoms with Crippen molar-refractivity contribution < 1.29 is 62.9 Å². The van der Waals surface area contributed by atoms with Crippen molar-refractivity contribution in [3.63, 3.8) is 0 Å². The summed E-state index contributed by atoms with van der Waals surface area (Å²) in [6.45, 7) is 0. The second kappa shape index (κ2) is 7.12. The molecule has 0 radical (unpaired) electrons. The lowest BCUT2D eigenvalue weighted by atomic mass is 9.71. The van der Waals surface area contributed by atoms with Crippen LogP contribution in [0.3, 0.4) is 0 Å². The maximum Gasteiger partial charge on any atom is 0.416 e. The fraction of sp³-hybridized carbons (Fsp3) is 0.294. The van der Waals surface area contributed by atoms with Gasteiger partial charge in [0, 0.05) is 11.1 Å². The van der Waals surface area contributed by atoms with Crippen LogP contribution >= 0.6 is 0 Å². The summed E-state index contributed by atoms with van der Waals surface area (Å²) >= 11 is 0. The van der Waals surface area contributed by atoms with E-state index < -0.39 is 76.0 Å². The van der Waals surface area contributed by atoms with Gasteiger partial charge in [0.05, 0.1) is 11.1 Å². The molecule has 2 aromatic carbocycles. The van der Waals surface area contributed by atoms with E-state index in [9.17, 15) is 62.9 Å². The van der Waals surface area contributed by atoms with Gasteiger partial charge in [-0.1, -0.05) is 12.1 Å². The van der Waals surface area contributed by atoms with Crippen molar-refractivity contribution in [2.75, 3.05) is 0 Å². The summed E-state index contributed by atoms with van der Waals surface area (Å²) in [6.07, 6.45) is -23.4. The Morgan fingerprint density at radius 3 is 0.968 bits per heavy atom. The molecule has 0 amide bonds. The van der Waals surface area contributed by atoms with Gasteiger partial charge in [-0.3, -0.25) is 0 Å². The largest absolute Gasteiger partial charge is 0.508 e. The van der Waals surface area contributed by atoms with E-state index >= 15 is 0 Å². The number of halogens is 12. The van der Waals surface area contributed by atoms with Gasteiger partial charge in [0.2, 0.25) is 5.41 Å². The van der Waals surface area contributed by atoms with Gasteiger partial charge in [0.15, 0.2) is 0 Å². The molecule has 0 atom stereocenters. The number of hydrogen-bond acceptors (Lipinski definition) is 2. The second-order valence-electron chi connectivity index (χ2n) is 6.20. The van der Waals surface area contributed by atoms with Gasteiger partial charge in [0.25, 0.3) is 0 Å². The van der Waals surface area contributed by atoms with E-state index in [1.165, 1.54) is 0 Å². The van der Waals surface area contributed by atoms with Gasteiger partial charge in [-0.25, -0.2) is 0 Å². The Morgan fingerprint density at radius 1 is 0.484 bits per heavy atom. The monoisotopic (exact) mass is 472 g/mol. The number of rotatable bonds is 2. The fourth-order valence-electron chi connectivity index (χ4n) is 2.97. The van der Waals surface area contributed by atoms with Crippen molar-refractivity contribution in [2.24, 2.45) is 0 Å². The molecule has 0 saturated heterocycles. The lowest BCUT2D eigenvalue weighted by Gasteiger charge is -2.39. The molecule has 0 aliphatic rings. The normalized spacial score (nSPS) is 14.1. The summed E-state index contributed by atoms with van der Waals surface area (Å²) in [5, 5.41) is 19.4. The Hall–Kier alpha value is -2.80. The highest BCUT2D eigenvalue weighted by Crippen LogP contribution is 2.60. The first-order chi connectivity index (χ1) is 13.7. The van der Waals surface area contributed by atoms with Crippen LogP contribution in [0.25, 0.3) is 0 Å². The molecule has 0 heterocycles. The molecular weight excluding hydrogens is 464 g/mol. The van der Waals surface area contributed by atoms with Crippen LogP contribution in [0.15, 0.2) is 36.4 Å². The van der Waals surface area contributed by atoms with Crippen molar-refractivity contribution in [3.05, 3.63) is 58.7 Å². The van der Waals surface area contributed by atoms with E-state index in [1.807, 2.05) is 0 Å². The first-order valence-corrected chi connectivity index (χ1v) is 7.69. The smallest absolute Gasteiger partial charge is 0.416 e. The zero-order valence-electron chi connectivity index (χ0n) is 14.4. The summed E-state index contributed by atoms with van der Waals surface area (Å²) in [4.78, 5) is 0. The van der Waals surface area contributed by atoms with Crippen LogP contribution in [0, 0.1) is 0 Å². The molecule has 2 nitrogen and oxygen atoms in total. The molecule has 0 aliphatic heterocycles. The van der Waals surface area contributed by atoms with Gasteiger partial charge in [0.1, 0.15) is 11.5 Å². The lowest BCUT2D eigenvalue weighted by molar-refractivity contribution is -0.289. The van der Waals surface area contributed by atoms with Gasteiger partial charge in [-0.05, 0) is 24.3 Å². The van der Waals surface area contributed by atoms with E-state index in [0.717, 1.165) is 0 Å². The quantitative estimate of drug-likeness (QED) is 0.487. The third kappa shape index (κ3) is 4.06. The maximum absolute atomic E-state index is 13.9. The number of aromatic hydroxyl groups is 2. The minimum Gasteiger partial charge on any atom is -0.508 e. The standard InChI is InChI=1S/C17H8F12O2/c18-14(19,20)7-1-3-9(11(30)5-7)13(16(24,25)26,17(27,28)29)10-4-2-8(6-12(10)31)15(21,22)23/h1-6,30-31H. The highest BCUT2D eigenvalue weighted by Gasteiger charge is 2.74. The Labute approximate surface area is 164 Å². The summed E-state index contributed by atoms with van der Waals surface area (Å²) < 4.78 is 160. The summed E-state index contributed by atoms with van der Waals surface area (Å²) in [6, 6.07) is -1.78. The number of benzene rings is 2. The average molecular weight is 472 g/mol. The molecule has 0 fully saturated rings. The van der Waals surface area contributed by atoms with Gasteiger partial charge >= 0.3 is 24.7 Å². The van der Waals surface area contributed by atoms with E-state index in [2.05, 4.69) is 0 Å². The molecule has 0 spiro atoms. The van der Waals surface area contributed by atoms with Gasteiger partial charge < -0.3 is 10.2 Å². The molecule has 0 bridgehead atoms. The number of alkyl halides is 12. The molecule has 31 heavy (non-hydrogen) atoms. The molecule has 2 aromatic rings. The molecule has 2 rings (SSSR count). The molecule has 172 valence electrons. The molecule has 0 aliphatic carbocycles. The van der Waals surface area contributed by atoms with Crippen LogP contribution < -0.4 is 0 Å². The first kappa shape index (κ1) is 24.5. The van der Waals surface area contributed by atoms with Crippen LogP contribution in [0.5, 0.6) is 11.5 Å². The van der Waals surface area contributed by atoms with E-state index in [4.69, 9.17) is 0 Å². The highest BCUT2D eigenvalue weighted by atomic mass is 19.4. The van der Waals surface area contributed by atoms with Crippen molar-refractivity contribution in [1.29, 1.82) is 0 Å². The molecule has 0 aromatic heterocycles. The van der Waals surface area contributed by atoms with Gasteiger partial charge in [-0.15, -0.1) is 0 Å². The van der Waals surface area contributed by atoms with Crippen LogP contribution in [-0.2, 0) is 17.8 Å². The third-order valence-corrected chi connectivity index (χ3v) is 4.31. The fourth-order valence-corrected chi connectivity index (χ4v) is 2.97. The zero-order chi connectivity index (χ0) is 24.2. The first-order valence-electron chi connectivity index (χ1n) is 7.69.